The third kappa shape index (κ3) is 4.12. The van der Waals surface area contributed by atoms with Gasteiger partial charge < -0.3 is 10.0 Å². The van der Waals surface area contributed by atoms with Crippen molar-refractivity contribution in [3.8, 4) is 0 Å². The van der Waals surface area contributed by atoms with Gasteiger partial charge in [0.15, 0.2) is 0 Å². The molecule has 1 aliphatic rings. The quantitative estimate of drug-likeness (QED) is 0.530. The number of rotatable bonds is 2. The van der Waals surface area contributed by atoms with Crippen LogP contribution in [0.3, 0.4) is 0 Å². The van der Waals surface area contributed by atoms with Crippen molar-refractivity contribution in [3.63, 3.8) is 0 Å². The van der Waals surface area contributed by atoms with E-state index in [1.165, 1.54) is 6.42 Å². The van der Waals surface area contributed by atoms with Crippen LogP contribution < -0.4 is 0 Å². The lowest BCUT2D eigenvalue weighted by Crippen LogP contribution is -2.36. The fourth-order valence-electron chi connectivity index (χ4n) is 1.42. The van der Waals surface area contributed by atoms with Crippen molar-refractivity contribution in [2.45, 2.75) is 25.7 Å². The molecule has 0 unspecified atom stereocenters. The average Bonchev–Trinajstić information content (AvgIpc) is 2.05. The highest BCUT2D eigenvalue weighted by atomic mass is 35.5. The minimum absolute atomic E-state index is 0. The Bertz CT molecular complexity index is 191. The summed E-state index contributed by atoms with van der Waals surface area (Å²) in [5.41, 5.74) is 0. The van der Waals surface area contributed by atoms with Gasteiger partial charge in [-0.3, -0.25) is 10.2 Å². The summed E-state index contributed by atoms with van der Waals surface area (Å²) in [6.45, 7) is 1.71. The van der Waals surface area contributed by atoms with Crippen LogP contribution in [0, 0.1) is 5.41 Å². The van der Waals surface area contributed by atoms with Crippen LogP contribution in [0.15, 0.2) is 0 Å². The molecule has 0 spiro atoms. The zero-order valence-corrected chi connectivity index (χ0v) is 8.27. The molecule has 76 valence electrons. The summed E-state index contributed by atoms with van der Waals surface area (Å²) in [4.78, 5) is 12.1. The Balaban J connectivity index is 0.00000144. The molecule has 0 saturated carbocycles. The van der Waals surface area contributed by atoms with Gasteiger partial charge in [0.2, 0.25) is 0 Å². The van der Waals surface area contributed by atoms with Crippen molar-refractivity contribution in [2.75, 3.05) is 13.1 Å². The molecule has 0 bridgehead atoms. The van der Waals surface area contributed by atoms with E-state index in [1.54, 1.807) is 0 Å². The highest BCUT2D eigenvalue weighted by molar-refractivity contribution is 5.95. The maximum absolute atomic E-state index is 10.3. The smallest absolute Gasteiger partial charge is 0.310 e. The van der Waals surface area contributed by atoms with E-state index in [4.69, 9.17) is 10.5 Å². The predicted molar refractivity (Wildman–Crippen MR) is 52.7 cm³/mol. The van der Waals surface area contributed by atoms with E-state index in [9.17, 15) is 4.79 Å². The second kappa shape index (κ2) is 5.80. The second-order valence-corrected chi connectivity index (χ2v) is 3.06. The highest BCUT2D eigenvalue weighted by Gasteiger charge is 2.15. The van der Waals surface area contributed by atoms with Gasteiger partial charge in [0, 0.05) is 13.1 Å². The molecule has 4 nitrogen and oxygen atoms in total. The molecule has 1 rings (SSSR count). The number of likely N-dealkylation sites (tertiary alicyclic amines) is 1. The molecule has 13 heavy (non-hydrogen) atoms. The summed E-state index contributed by atoms with van der Waals surface area (Å²) in [7, 11) is 0. The zero-order chi connectivity index (χ0) is 8.97. The molecule has 2 N–H and O–H groups in total. The predicted octanol–water partition coefficient (Wildman–Crippen LogP) is 1.35. The van der Waals surface area contributed by atoms with Gasteiger partial charge in [-0.25, -0.2) is 0 Å². The molecule has 0 atom stereocenters. The molecule has 5 heteroatoms. The van der Waals surface area contributed by atoms with Crippen molar-refractivity contribution in [1.82, 2.24) is 4.90 Å². The molecule has 0 radical (unpaired) electrons. The number of carboxylic acid groups (broad SMARTS) is 1. The maximum atomic E-state index is 10.3. The van der Waals surface area contributed by atoms with E-state index in [2.05, 4.69) is 0 Å². The molecule has 1 fully saturated rings. The Hall–Kier alpha value is -0.770. The number of nitrogens with one attached hydrogen (secondary N) is 1. The number of hydrogen-bond acceptors (Lipinski definition) is 2. The van der Waals surface area contributed by atoms with E-state index < -0.39 is 5.97 Å². The van der Waals surface area contributed by atoms with Crippen LogP contribution in [-0.2, 0) is 4.79 Å². The van der Waals surface area contributed by atoms with E-state index in [0.717, 1.165) is 25.9 Å². The van der Waals surface area contributed by atoms with Gasteiger partial charge in [-0.1, -0.05) is 0 Å². The first-order chi connectivity index (χ1) is 5.70. The van der Waals surface area contributed by atoms with Gasteiger partial charge in [0.25, 0.3) is 0 Å². The third-order valence-corrected chi connectivity index (χ3v) is 2.06. The second-order valence-electron chi connectivity index (χ2n) is 3.06. The molecule has 0 aliphatic carbocycles. The van der Waals surface area contributed by atoms with Gasteiger partial charge in [0.1, 0.15) is 12.3 Å². The van der Waals surface area contributed by atoms with Crippen molar-refractivity contribution in [2.24, 2.45) is 0 Å². The van der Waals surface area contributed by atoms with E-state index >= 15 is 0 Å². The Kier molecular flexibility index (Phi) is 5.46. The lowest BCUT2D eigenvalue weighted by Gasteiger charge is -2.28. The zero-order valence-electron chi connectivity index (χ0n) is 7.45. The summed E-state index contributed by atoms with van der Waals surface area (Å²) in [5.74, 6) is -0.659. The van der Waals surface area contributed by atoms with Gasteiger partial charge in [0.05, 0.1) is 0 Å². The summed E-state index contributed by atoms with van der Waals surface area (Å²) >= 11 is 0. The maximum Gasteiger partial charge on any atom is 0.310 e. The van der Waals surface area contributed by atoms with Crippen molar-refractivity contribution in [1.29, 1.82) is 5.41 Å². The Morgan fingerprint density at radius 2 is 1.85 bits per heavy atom. The fraction of sp³-hybridized carbons (Fsp3) is 0.750. The third-order valence-electron chi connectivity index (χ3n) is 2.06. The number of carbonyl (C=O) groups is 1. The molecule has 1 heterocycles. The number of piperidine rings is 1. The highest BCUT2D eigenvalue weighted by Crippen LogP contribution is 2.09. The Morgan fingerprint density at radius 3 is 2.31 bits per heavy atom. The Morgan fingerprint density at radius 1 is 1.31 bits per heavy atom. The fourth-order valence-corrected chi connectivity index (χ4v) is 1.42. The standard InChI is InChI=1S/C8H14N2O2.ClH/c9-7(6-8(11)12)10-4-2-1-3-5-10;/h9H,1-6H2,(H,11,12);1H. The minimum Gasteiger partial charge on any atom is -0.481 e. The lowest BCUT2D eigenvalue weighted by atomic mass is 10.1. The monoisotopic (exact) mass is 206 g/mol. The SMILES string of the molecule is Cl.N=C(CC(=O)O)N1CCCCC1. The normalized spacial score (nSPS) is 16.2. The van der Waals surface area contributed by atoms with Crippen molar-refractivity contribution < 1.29 is 9.90 Å². The Labute approximate surface area is 83.8 Å². The number of hydrogen-bond donors (Lipinski definition) is 2. The molecular formula is C8H15ClN2O2. The summed E-state index contributed by atoms with van der Waals surface area (Å²) < 4.78 is 0. The van der Waals surface area contributed by atoms with E-state index in [-0.39, 0.29) is 24.7 Å². The summed E-state index contributed by atoms with van der Waals surface area (Å²) in [5, 5.41) is 15.9. The molecule has 0 aromatic rings. The molecule has 0 aromatic carbocycles. The average molecular weight is 207 g/mol. The van der Waals surface area contributed by atoms with Crippen LogP contribution >= 0.6 is 12.4 Å². The number of aliphatic carboxylic acids is 1. The first-order valence-corrected chi connectivity index (χ1v) is 4.24. The number of nitrogens with zero attached hydrogens (tertiary/aromatic N) is 1. The van der Waals surface area contributed by atoms with Crippen LogP contribution in [0.1, 0.15) is 25.7 Å². The first kappa shape index (κ1) is 12.2. The first-order valence-electron chi connectivity index (χ1n) is 4.24. The van der Waals surface area contributed by atoms with Gasteiger partial charge in [-0.15, -0.1) is 12.4 Å². The van der Waals surface area contributed by atoms with Crippen LogP contribution in [-0.4, -0.2) is 34.9 Å². The largest absolute Gasteiger partial charge is 0.481 e. The number of amidine groups is 1. The van der Waals surface area contributed by atoms with E-state index in [1.807, 2.05) is 4.90 Å². The molecule has 0 amide bonds. The minimum atomic E-state index is -0.912. The molecule has 0 aromatic heterocycles. The van der Waals surface area contributed by atoms with Gasteiger partial charge in [-0.2, -0.15) is 0 Å². The van der Waals surface area contributed by atoms with Crippen LogP contribution in [0.25, 0.3) is 0 Å². The van der Waals surface area contributed by atoms with Crippen molar-refractivity contribution >= 4 is 24.2 Å². The van der Waals surface area contributed by atoms with Crippen LogP contribution in [0.2, 0.25) is 0 Å². The lowest BCUT2D eigenvalue weighted by molar-refractivity contribution is -0.135. The topological polar surface area (TPSA) is 64.4 Å². The number of halogens is 1. The van der Waals surface area contributed by atoms with Gasteiger partial charge in [-0.05, 0) is 19.3 Å². The molecule has 1 aliphatic heterocycles. The number of carboxylic acids is 1. The van der Waals surface area contributed by atoms with Gasteiger partial charge >= 0.3 is 5.97 Å². The summed E-state index contributed by atoms with van der Waals surface area (Å²) in [6.07, 6.45) is 3.24. The molecular weight excluding hydrogens is 192 g/mol. The van der Waals surface area contributed by atoms with Crippen molar-refractivity contribution in [3.05, 3.63) is 0 Å². The van der Waals surface area contributed by atoms with Crippen LogP contribution in [0.4, 0.5) is 0 Å². The van der Waals surface area contributed by atoms with Crippen LogP contribution in [0.5, 0.6) is 0 Å². The van der Waals surface area contributed by atoms with E-state index in [0.29, 0.717) is 0 Å². The molecule has 1 saturated heterocycles. The summed E-state index contributed by atoms with van der Waals surface area (Å²) in [6, 6.07) is 0.